The van der Waals surface area contributed by atoms with Crippen LogP contribution >= 0.6 is 0 Å². The second-order valence-corrected chi connectivity index (χ2v) is 6.06. The largest absolute Gasteiger partial charge is 0.493 e. The molecule has 140 valence electrons. The van der Waals surface area contributed by atoms with Crippen LogP contribution in [-0.4, -0.2) is 19.6 Å². The monoisotopic (exact) mass is 363 g/mol. The van der Waals surface area contributed by atoms with Crippen LogP contribution in [0, 0.1) is 19.3 Å². The van der Waals surface area contributed by atoms with Gasteiger partial charge in [0.15, 0.2) is 11.5 Å². The number of carbonyl (C=O) groups excluding carboxylic acids is 1. The lowest BCUT2D eigenvalue weighted by molar-refractivity contribution is -0.111. The van der Waals surface area contributed by atoms with Gasteiger partial charge in [-0.25, -0.2) is 0 Å². The standard InChI is InChI=1S/C23H25NO3/c1-4-5-6-9-16-27-22-17-19(12-14-21(22)26-3)13-15-23(25)24-20-11-8-7-10-18(20)2/h1,7-8,10-15,17H,5-6,9,16H2,2-3H3,(H,24,25)/b15-13+. The molecule has 0 aliphatic rings. The van der Waals surface area contributed by atoms with Gasteiger partial charge in [-0.1, -0.05) is 24.3 Å². The maximum Gasteiger partial charge on any atom is 0.248 e. The van der Waals surface area contributed by atoms with Crippen molar-refractivity contribution in [1.29, 1.82) is 0 Å². The van der Waals surface area contributed by atoms with E-state index in [-0.39, 0.29) is 5.91 Å². The molecule has 0 atom stereocenters. The predicted octanol–water partition coefficient (Wildman–Crippen LogP) is 4.84. The van der Waals surface area contributed by atoms with Gasteiger partial charge in [0.2, 0.25) is 5.91 Å². The van der Waals surface area contributed by atoms with Gasteiger partial charge in [-0.15, -0.1) is 12.3 Å². The maximum atomic E-state index is 12.1. The van der Waals surface area contributed by atoms with E-state index in [9.17, 15) is 4.79 Å². The van der Waals surface area contributed by atoms with Crippen LogP contribution in [0.25, 0.3) is 6.08 Å². The van der Waals surface area contributed by atoms with E-state index in [1.54, 1.807) is 13.2 Å². The molecule has 1 amide bonds. The Hall–Kier alpha value is -3.19. The SMILES string of the molecule is C#CCCCCOc1cc(/C=C/C(=O)Nc2ccccc2C)ccc1OC. The lowest BCUT2D eigenvalue weighted by Gasteiger charge is -2.11. The normalized spacial score (nSPS) is 10.4. The van der Waals surface area contributed by atoms with Crippen LogP contribution in [0.2, 0.25) is 0 Å². The lowest BCUT2D eigenvalue weighted by Crippen LogP contribution is -2.08. The Morgan fingerprint density at radius 2 is 2.00 bits per heavy atom. The minimum absolute atomic E-state index is 0.183. The minimum atomic E-state index is -0.183. The predicted molar refractivity (Wildman–Crippen MR) is 110 cm³/mol. The summed E-state index contributed by atoms with van der Waals surface area (Å²) < 4.78 is 11.1. The lowest BCUT2D eigenvalue weighted by atomic mass is 10.1. The quantitative estimate of drug-likeness (QED) is 0.394. The van der Waals surface area contributed by atoms with Crippen molar-refractivity contribution in [2.45, 2.75) is 26.2 Å². The molecule has 2 rings (SSSR count). The zero-order valence-corrected chi connectivity index (χ0v) is 15.8. The summed E-state index contributed by atoms with van der Waals surface area (Å²) in [5, 5.41) is 2.87. The van der Waals surface area contributed by atoms with Gasteiger partial charge in [0.1, 0.15) is 0 Å². The van der Waals surface area contributed by atoms with Gasteiger partial charge in [0.05, 0.1) is 13.7 Å². The van der Waals surface area contributed by atoms with Gasteiger partial charge >= 0.3 is 0 Å². The Morgan fingerprint density at radius 3 is 2.74 bits per heavy atom. The highest BCUT2D eigenvalue weighted by Gasteiger charge is 2.06. The summed E-state index contributed by atoms with van der Waals surface area (Å²) in [4.78, 5) is 12.1. The molecule has 0 bridgehead atoms. The van der Waals surface area contributed by atoms with Gasteiger partial charge in [0.25, 0.3) is 0 Å². The van der Waals surface area contributed by atoms with Crippen LogP contribution in [0.4, 0.5) is 5.69 Å². The van der Waals surface area contributed by atoms with E-state index in [1.807, 2.05) is 49.4 Å². The molecule has 0 radical (unpaired) electrons. The number of methoxy groups -OCH3 is 1. The Balaban J connectivity index is 1.99. The van der Waals surface area contributed by atoms with E-state index < -0.39 is 0 Å². The number of terminal acetylenes is 1. The number of nitrogens with one attached hydrogen (secondary N) is 1. The van der Waals surface area contributed by atoms with Gasteiger partial charge in [-0.05, 0) is 55.2 Å². The fraction of sp³-hybridized carbons (Fsp3) is 0.261. The van der Waals surface area contributed by atoms with Crippen molar-refractivity contribution in [1.82, 2.24) is 0 Å². The van der Waals surface area contributed by atoms with E-state index in [0.29, 0.717) is 18.1 Å². The van der Waals surface area contributed by atoms with Gasteiger partial charge < -0.3 is 14.8 Å². The number of ether oxygens (including phenoxy) is 2. The minimum Gasteiger partial charge on any atom is -0.493 e. The molecule has 27 heavy (non-hydrogen) atoms. The van der Waals surface area contributed by atoms with Crippen LogP contribution in [-0.2, 0) is 4.79 Å². The first-order chi connectivity index (χ1) is 13.1. The second-order valence-electron chi connectivity index (χ2n) is 6.06. The number of hydrogen-bond donors (Lipinski definition) is 1. The van der Waals surface area contributed by atoms with E-state index >= 15 is 0 Å². The number of unbranched alkanes of at least 4 members (excludes halogenated alkanes) is 2. The highest BCUT2D eigenvalue weighted by Crippen LogP contribution is 2.28. The number of rotatable bonds is 9. The molecule has 0 heterocycles. The van der Waals surface area contributed by atoms with Gasteiger partial charge in [0, 0.05) is 18.2 Å². The molecule has 2 aromatic rings. The topological polar surface area (TPSA) is 47.6 Å². The summed E-state index contributed by atoms with van der Waals surface area (Å²) in [6, 6.07) is 13.2. The number of benzene rings is 2. The van der Waals surface area contributed by atoms with E-state index in [1.165, 1.54) is 6.08 Å². The summed E-state index contributed by atoms with van der Waals surface area (Å²) >= 11 is 0. The van der Waals surface area contributed by atoms with Crippen molar-refractivity contribution in [3.8, 4) is 23.8 Å². The molecule has 0 aromatic heterocycles. The molecule has 0 fully saturated rings. The summed E-state index contributed by atoms with van der Waals surface area (Å²) in [5.41, 5.74) is 2.68. The Bertz CT molecular complexity index is 834. The second kappa shape index (κ2) is 10.7. The number of amides is 1. The number of carbonyl (C=O) groups is 1. The average molecular weight is 363 g/mol. The first kappa shape index (κ1) is 20.1. The first-order valence-electron chi connectivity index (χ1n) is 8.93. The molecule has 0 unspecified atom stereocenters. The summed E-state index contributed by atoms with van der Waals surface area (Å²) in [6.07, 6.45) is 11.1. The third-order valence-electron chi connectivity index (χ3n) is 3.99. The summed E-state index contributed by atoms with van der Waals surface area (Å²) in [6.45, 7) is 2.52. The van der Waals surface area contributed by atoms with Crippen molar-refractivity contribution in [2.24, 2.45) is 0 Å². The maximum absolute atomic E-state index is 12.1. The fourth-order valence-electron chi connectivity index (χ4n) is 2.48. The Kier molecular flexibility index (Phi) is 7.99. The van der Waals surface area contributed by atoms with Crippen molar-refractivity contribution in [2.75, 3.05) is 19.0 Å². The van der Waals surface area contributed by atoms with Gasteiger partial charge in [-0.2, -0.15) is 0 Å². The smallest absolute Gasteiger partial charge is 0.248 e. The van der Waals surface area contributed by atoms with E-state index in [4.69, 9.17) is 15.9 Å². The van der Waals surface area contributed by atoms with Crippen LogP contribution in [0.1, 0.15) is 30.4 Å². The third kappa shape index (κ3) is 6.56. The molecule has 2 aromatic carbocycles. The molecule has 4 nitrogen and oxygen atoms in total. The number of hydrogen-bond acceptors (Lipinski definition) is 3. The zero-order chi connectivity index (χ0) is 19.5. The third-order valence-corrected chi connectivity index (χ3v) is 3.99. The van der Waals surface area contributed by atoms with Crippen LogP contribution in [0.3, 0.4) is 0 Å². The molecule has 0 aliphatic heterocycles. The molecule has 4 heteroatoms. The van der Waals surface area contributed by atoms with E-state index in [0.717, 1.165) is 36.1 Å². The van der Waals surface area contributed by atoms with Crippen molar-refractivity contribution < 1.29 is 14.3 Å². The number of para-hydroxylation sites is 1. The summed E-state index contributed by atoms with van der Waals surface area (Å²) in [7, 11) is 1.60. The van der Waals surface area contributed by atoms with Crippen molar-refractivity contribution in [3.05, 3.63) is 59.7 Å². The Labute approximate surface area is 161 Å². The number of aryl methyl sites for hydroxylation is 1. The molecule has 0 saturated carbocycles. The van der Waals surface area contributed by atoms with Crippen molar-refractivity contribution >= 4 is 17.7 Å². The fourth-order valence-corrected chi connectivity index (χ4v) is 2.48. The highest BCUT2D eigenvalue weighted by atomic mass is 16.5. The number of anilines is 1. The summed E-state index contributed by atoms with van der Waals surface area (Å²) in [5.74, 6) is 3.75. The van der Waals surface area contributed by atoms with Crippen LogP contribution in [0.15, 0.2) is 48.5 Å². The molecule has 0 saturated heterocycles. The Morgan fingerprint density at radius 1 is 1.19 bits per heavy atom. The molecule has 1 N–H and O–H groups in total. The molecular weight excluding hydrogens is 338 g/mol. The molecule has 0 spiro atoms. The zero-order valence-electron chi connectivity index (χ0n) is 15.8. The van der Waals surface area contributed by atoms with Crippen LogP contribution in [0.5, 0.6) is 11.5 Å². The average Bonchev–Trinajstić information content (AvgIpc) is 2.68. The van der Waals surface area contributed by atoms with Crippen molar-refractivity contribution in [3.63, 3.8) is 0 Å². The molecular formula is C23H25NO3. The molecule has 0 aliphatic carbocycles. The van der Waals surface area contributed by atoms with Gasteiger partial charge in [-0.3, -0.25) is 4.79 Å². The van der Waals surface area contributed by atoms with Crippen LogP contribution < -0.4 is 14.8 Å². The van der Waals surface area contributed by atoms with E-state index in [2.05, 4.69) is 11.2 Å². The highest BCUT2D eigenvalue weighted by molar-refractivity contribution is 6.02. The first-order valence-corrected chi connectivity index (χ1v) is 8.93.